The number of carbonyl (C=O) groups is 2. The number of hydrogen-bond acceptors (Lipinski definition) is 5. The van der Waals surface area contributed by atoms with Crippen LogP contribution >= 0.6 is 0 Å². The Bertz CT molecular complexity index is 1000. The maximum absolute atomic E-state index is 12.7. The van der Waals surface area contributed by atoms with Crippen molar-refractivity contribution < 1.29 is 9.59 Å². The van der Waals surface area contributed by atoms with Crippen LogP contribution in [0.5, 0.6) is 0 Å². The van der Waals surface area contributed by atoms with Crippen LogP contribution in [0.25, 0.3) is 5.95 Å². The molecule has 1 aliphatic carbocycles. The molecule has 0 atom stereocenters. The van der Waals surface area contributed by atoms with Gasteiger partial charge in [-0.05, 0) is 26.2 Å². The maximum Gasteiger partial charge on any atom is 0.314 e. The lowest BCUT2D eigenvalue weighted by Gasteiger charge is -2.19. The molecule has 0 spiro atoms. The van der Waals surface area contributed by atoms with Crippen molar-refractivity contribution in [3.05, 3.63) is 33.9 Å². The topological polar surface area (TPSA) is 122 Å². The van der Waals surface area contributed by atoms with E-state index in [4.69, 9.17) is 0 Å². The second kappa shape index (κ2) is 13.1. The van der Waals surface area contributed by atoms with Crippen LogP contribution in [-0.4, -0.2) is 37.6 Å². The van der Waals surface area contributed by atoms with Crippen molar-refractivity contribution in [2.75, 3.05) is 5.32 Å². The molecule has 2 heterocycles. The number of aromatic nitrogens is 4. The van der Waals surface area contributed by atoms with Gasteiger partial charge in [-0.25, -0.2) is 4.98 Å². The number of nitrogens with zero attached hydrogens (tertiary/aromatic N) is 3. The van der Waals surface area contributed by atoms with Gasteiger partial charge in [0.1, 0.15) is 5.82 Å². The fourth-order valence-corrected chi connectivity index (χ4v) is 4.46. The van der Waals surface area contributed by atoms with Gasteiger partial charge >= 0.3 is 11.8 Å². The molecule has 0 radical (unpaired) electrons. The van der Waals surface area contributed by atoms with Gasteiger partial charge in [0.2, 0.25) is 5.95 Å². The predicted molar refractivity (Wildman–Crippen MR) is 132 cm³/mol. The molecule has 0 unspecified atom stereocenters. The molecule has 34 heavy (non-hydrogen) atoms. The molecule has 0 aromatic carbocycles. The van der Waals surface area contributed by atoms with E-state index < -0.39 is 11.8 Å². The Morgan fingerprint density at radius 2 is 1.62 bits per heavy atom. The molecule has 2 aromatic heterocycles. The molecule has 0 aliphatic heterocycles. The van der Waals surface area contributed by atoms with Gasteiger partial charge in [-0.15, -0.1) is 0 Å². The molecule has 0 bridgehead atoms. The summed E-state index contributed by atoms with van der Waals surface area (Å²) < 4.78 is 1.36. The third-order valence-corrected chi connectivity index (χ3v) is 6.21. The van der Waals surface area contributed by atoms with Gasteiger partial charge in [0.25, 0.3) is 5.56 Å². The summed E-state index contributed by atoms with van der Waals surface area (Å²) in [5, 5.41) is 9.93. The van der Waals surface area contributed by atoms with Crippen molar-refractivity contribution in [1.82, 2.24) is 25.1 Å². The summed E-state index contributed by atoms with van der Waals surface area (Å²) in [6, 6.07) is 3.11. The second-order valence-electron chi connectivity index (χ2n) is 9.28. The lowest BCUT2D eigenvalue weighted by molar-refractivity contribution is -0.136. The number of amides is 2. The highest BCUT2D eigenvalue weighted by Crippen LogP contribution is 2.18. The molecular weight excluding hydrogens is 432 g/mol. The Labute approximate surface area is 201 Å². The van der Waals surface area contributed by atoms with Crippen LogP contribution < -0.4 is 16.2 Å². The molecule has 1 saturated carbocycles. The van der Waals surface area contributed by atoms with E-state index >= 15 is 0 Å². The molecule has 9 heteroatoms. The van der Waals surface area contributed by atoms with Gasteiger partial charge in [0.05, 0.1) is 5.69 Å². The molecule has 0 saturated heterocycles. The van der Waals surface area contributed by atoms with E-state index in [0.717, 1.165) is 32.1 Å². The molecule has 186 valence electrons. The number of H-pyrrole nitrogens is 1. The van der Waals surface area contributed by atoms with Crippen LogP contribution in [0.2, 0.25) is 0 Å². The summed E-state index contributed by atoms with van der Waals surface area (Å²) in [5.74, 6) is -0.907. The second-order valence-corrected chi connectivity index (χ2v) is 9.28. The highest BCUT2D eigenvalue weighted by Gasteiger charge is 2.21. The number of rotatable bonds is 5. The third-order valence-electron chi connectivity index (χ3n) is 6.21. The fourth-order valence-electron chi connectivity index (χ4n) is 4.46. The normalized spacial score (nSPS) is 16.3. The van der Waals surface area contributed by atoms with Gasteiger partial charge in [-0.3, -0.25) is 19.4 Å². The molecule has 1 aliphatic rings. The lowest BCUT2D eigenvalue weighted by Crippen LogP contribution is -2.42. The quantitative estimate of drug-likeness (QED) is 0.571. The highest BCUT2D eigenvalue weighted by atomic mass is 16.2. The van der Waals surface area contributed by atoms with E-state index in [0.29, 0.717) is 17.8 Å². The Kier molecular flexibility index (Phi) is 9.85. The van der Waals surface area contributed by atoms with Gasteiger partial charge in [-0.1, -0.05) is 71.1 Å². The Morgan fingerprint density at radius 3 is 2.24 bits per heavy atom. The van der Waals surface area contributed by atoms with Crippen LogP contribution in [0.15, 0.2) is 16.9 Å². The zero-order valence-corrected chi connectivity index (χ0v) is 20.5. The van der Waals surface area contributed by atoms with Crippen LogP contribution in [0.4, 0.5) is 5.82 Å². The third kappa shape index (κ3) is 7.81. The summed E-state index contributed by atoms with van der Waals surface area (Å²) >= 11 is 0. The first-order valence-electron chi connectivity index (χ1n) is 12.8. The van der Waals surface area contributed by atoms with Crippen molar-refractivity contribution in [3.63, 3.8) is 0 Å². The van der Waals surface area contributed by atoms with E-state index in [9.17, 15) is 14.4 Å². The number of aryl methyl sites for hydroxylation is 2. The summed E-state index contributed by atoms with van der Waals surface area (Å²) in [6.45, 7) is 3.78. The van der Waals surface area contributed by atoms with Gasteiger partial charge < -0.3 is 10.6 Å². The zero-order chi connectivity index (χ0) is 24.3. The average molecular weight is 471 g/mol. The monoisotopic (exact) mass is 470 g/mol. The van der Waals surface area contributed by atoms with Gasteiger partial charge in [0.15, 0.2) is 0 Å². The van der Waals surface area contributed by atoms with Crippen LogP contribution in [0.1, 0.15) is 95.4 Å². The van der Waals surface area contributed by atoms with Crippen molar-refractivity contribution in [2.24, 2.45) is 0 Å². The highest BCUT2D eigenvalue weighted by molar-refractivity contribution is 6.39. The molecule has 2 amide bonds. The first kappa shape index (κ1) is 25.6. The van der Waals surface area contributed by atoms with Gasteiger partial charge in [-0.2, -0.15) is 9.78 Å². The Hall–Kier alpha value is -2.97. The Balaban J connectivity index is 1.67. The largest absolute Gasteiger partial charge is 0.345 e. The molecular formula is C25H38N6O3. The molecule has 2 aromatic rings. The van der Waals surface area contributed by atoms with E-state index in [1.165, 1.54) is 55.7 Å². The molecule has 3 rings (SSSR count). The number of carbonyl (C=O) groups excluding carboxylic acids is 2. The number of aromatic amines is 1. The summed E-state index contributed by atoms with van der Waals surface area (Å²) in [6.07, 6.45) is 14.1. The minimum atomic E-state index is -0.751. The lowest BCUT2D eigenvalue weighted by atomic mass is 9.98. The summed E-state index contributed by atoms with van der Waals surface area (Å²) in [5.41, 5.74) is 0.977. The van der Waals surface area contributed by atoms with Crippen molar-refractivity contribution >= 4 is 17.6 Å². The number of anilines is 1. The van der Waals surface area contributed by atoms with E-state index in [1.807, 2.05) is 6.92 Å². The van der Waals surface area contributed by atoms with E-state index in [2.05, 4.69) is 25.7 Å². The molecule has 9 nitrogen and oxygen atoms in total. The van der Waals surface area contributed by atoms with E-state index in [1.54, 1.807) is 13.0 Å². The SMILES string of the molecule is CCCc1cc(=O)[nH]c(-n2nc(C)cc2NC(=O)C(=O)NC2CCCCCCCCCCC2)n1. The van der Waals surface area contributed by atoms with Crippen LogP contribution in [0, 0.1) is 6.92 Å². The zero-order valence-electron chi connectivity index (χ0n) is 20.5. The number of hydrogen-bond donors (Lipinski definition) is 3. The summed E-state index contributed by atoms with van der Waals surface area (Å²) in [7, 11) is 0. The fraction of sp³-hybridized carbons (Fsp3) is 0.640. The minimum Gasteiger partial charge on any atom is -0.345 e. The predicted octanol–water partition coefficient (Wildman–Crippen LogP) is 3.94. The van der Waals surface area contributed by atoms with E-state index in [-0.39, 0.29) is 23.4 Å². The minimum absolute atomic E-state index is 0.00747. The smallest absolute Gasteiger partial charge is 0.314 e. The maximum atomic E-state index is 12.7. The standard InChI is InChI=1S/C25H38N6O3/c1-3-13-20-17-22(32)29-25(27-20)31-21(16-18(2)30-31)28-24(34)23(33)26-19-14-11-9-7-5-4-6-8-10-12-15-19/h16-17,19H,3-15H2,1-2H3,(H,26,33)(H,28,34)(H,27,29,32). The van der Waals surface area contributed by atoms with Gasteiger partial charge in [0, 0.05) is 23.9 Å². The number of nitrogens with one attached hydrogen (secondary N) is 3. The molecule has 3 N–H and O–H groups in total. The first-order chi connectivity index (χ1) is 16.5. The van der Waals surface area contributed by atoms with Crippen LogP contribution in [-0.2, 0) is 16.0 Å². The van der Waals surface area contributed by atoms with Crippen molar-refractivity contribution in [2.45, 2.75) is 103 Å². The van der Waals surface area contributed by atoms with Crippen LogP contribution in [0.3, 0.4) is 0 Å². The van der Waals surface area contributed by atoms with Crippen molar-refractivity contribution in [1.29, 1.82) is 0 Å². The Morgan fingerprint density at radius 1 is 1.00 bits per heavy atom. The van der Waals surface area contributed by atoms with Crippen molar-refractivity contribution in [3.8, 4) is 5.95 Å². The summed E-state index contributed by atoms with van der Waals surface area (Å²) in [4.78, 5) is 44.6. The average Bonchev–Trinajstić information content (AvgIpc) is 3.15. The molecule has 1 fully saturated rings. The first-order valence-corrected chi connectivity index (χ1v) is 12.8.